The van der Waals surface area contributed by atoms with Crippen molar-refractivity contribution in [3.05, 3.63) is 230 Å². The first-order chi connectivity index (χ1) is 29.6. The van der Waals surface area contributed by atoms with Gasteiger partial charge in [-0.05, 0) is 83.6 Å². The van der Waals surface area contributed by atoms with Crippen LogP contribution in [0, 0.1) is 24.7 Å². The summed E-state index contributed by atoms with van der Waals surface area (Å²) in [6.07, 6.45) is 17.2. The third kappa shape index (κ3) is 10.0. The van der Waals surface area contributed by atoms with Gasteiger partial charge in [-0.15, -0.1) is 23.3 Å². The van der Waals surface area contributed by atoms with E-state index in [9.17, 15) is 0 Å². The summed E-state index contributed by atoms with van der Waals surface area (Å²) in [4.78, 5) is 0. The Labute approximate surface area is 399 Å². The Morgan fingerprint density at radius 1 is 0.355 bits per heavy atom. The van der Waals surface area contributed by atoms with Gasteiger partial charge >= 0.3 is 44.8 Å². The fourth-order valence-corrected chi connectivity index (χ4v) is 14.5. The molecule has 8 aromatic carbocycles. The van der Waals surface area contributed by atoms with Crippen molar-refractivity contribution in [2.75, 3.05) is 12.3 Å². The summed E-state index contributed by atoms with van der Waals surface area (Å²) in [5, 5.41) is 10.7. The van der Waals surface area contributed by atoms with Crippen LogP contribution in [0.5, 0.6) is 0 Å². The maximum absolute atomic E-state index is 7.35. The molecular weight excluding hydrogens is 1160 g/mol. The molecule has 0 aliphatic heterocycles. The quantitative estimate of drug-likeness (QED) is 0.0651. The zero-order valence-corrected chi connectivity index (χ0v) is 40.9. The molecule has 0 saturated carbocycles. The van der Waals surface area contributed by atoms with Crippen molar-refractivity contribution in [2.24, 2.45) is 14.1 Å². The van der Waals surface area contributed by atoms with Crippen LogP contribution in [0.2, 0.25) is 0 Å². The van der Waals surface area contributed by atoms with Gasteiger partial charge < -0.3 is 22.0 Å². The van der Waals surface area contributed by atoms with Gasteiger partial charge in [-0.3, -0.25) is 11.8 Å². The Kier molecular flexibility index (Phi) is 16.6. The van der Waals surface area contributed by atoms with E-state index in [0.717, 1.165) is 32.9 Å². The van der Waals surface area contributed by atoms with Gasteiger partial charge in [0.1, 0.15) is 12.3 Å². The molecule has 10 rings (SSSR count). The number of nitrogens with zero attached hydrogens (tertiary/aromatic N) is 2. The Bertz CT molecular complexity index is 2800. The van der Waals surface area contributed by atoms with Crippen LogP contribution in [0.3, 0.4) is 0 Å². The van der Waals surface area contributed by atoms with Crippen molar-refractivity contribution in [3.8, 4) is 11.8 Å². The van der Waals surface area contributed by atoms with Gasteiger partial charge in [-0.25, -0.2) is 0 Å². The summed E-state index contributed by atoms with van der Waals surface area (Å²) in [5.74, 6) is 5.02. The van der Waals surface area contributed by atoms with Crippen molar-refractivity contribution in [1.82, 2.24) is 9.13 Å². The fraction of sp³-hybridized carbons (Fsp3) is 0.0714. The molecule has 0 unspecified atom stereocenters. The summed E-state index contributed by atoms with van der Waals surface area (Å²) >= 11 is 0. The molecule has 2 nitrogen and oxygen atoms in total. The maximum Gasteiger partial charge on any atom is 1.00 e. The van der Waals surface area contributed by atoms with Gasteiger partial charge in [0.05, 0.1) is 37.1 Å². The molecule has 0 amide bonds. The molecular formula is C56H46Au2N2P2+2. The number of fused-ring (bicyclic) bond motifs is 6. The molecule has 2 aromatic heterocycles. The van der Waals surface area contributed by atoms with Crippen LogP contribution < -0.4 is 21.2 Å². The number of benzene rings is 8. The molecule has 6 heteroatoms. The molecule has 0 spiro atoms. The first-order valence-corrected chi connectivity index (χ1v) is 23.7. The van der Waals surface area contributed by atoms with Crippen LogP contribution in [0.1, 0.15) is 11.1 Å². The molecule has 2 heterocycles. The van der Waals surface area contributed by atoms with E-state index in [4.69, 9.17) is 12.8 Å². The fourth-order valence-electron chi connectivity index (χ4n) is 8.35. The zero-order valence-electron chi connectivity index (χ0n) is 34.5. The van der Waals surface area contributed by atoms with Gasteiger partial charge in [0.15, 0.2) is 0 Å². The van der Waals surface area contributed by atoms with E-state index in [0.29, 0.717) is 0 Å². The first kappa shape index (κ1) is 46.3. The Morgan fingerprint density at radius 2 is 0.629 bits per heavy atom. The summed E-state index contributed by atoms with van der Waals surface area (Å²) in [5.41, 5.74) is 6.40. The van der Waals surface area contributed by atoms with Crippen molar-refractivity contribution >= 4 is 80.7 Å². The first-order valence-electron chi connectivity index (χ1n) is 20.3. The normalized spacial score (nSPS) is 10.5. The van der Waals surface area contributed by atoms with E-state index in [1.807, 2.05) is 48.5 Å². The summed E-state index contributed by atoms with van der Waals surface area (Å²) in [6, 6.07) is 73.0. The molecule has 62 heavy (non-hydrogen) atoms. The summed E-state index contributed by atoms with van der Waals surface area (Å²) < 4.78 is 4.32. The molecule has 0 aliphatic rings. The summed E-state index contributed by atoms with van der Waals surface area (Å²) in [6.45, 7) is 0. The van der Waals surface area contributed by atoms with Crippen molar-refractivity contribution in [1.29, 1.82) is 0 Å². The van der Waals surface area contributed by atoms with Crippen LogP contribution in [0.25, 0.3) is 43.6 Å². The van der Waals surface area contributed by atoms with E-state index >= 15 is 0 Å². The van der Waals surface area contributed by atoms with Crippen molar-refractivity contribution in [3.63, 3.8) is 0 Å². The SMILES string of the molecule is [Au+].[Au+].[C-]#Cc1cccc2c1c1ccccc1n2C.[C-]#Cc1cccc2c1c1ccccc1n2C.c1ccc([PH+](CC[PH+](c2ccccc2)c2ccccc2)c2ccccc2)cc1. The van der Waals surface area contributed by atoms with Gasteiger partial charge in [0.2, 0.25) is 0 Å². The predicted octanol–water partition coefficient (Wildman–Crippen LogP) is 11.3. The second kappa shape index (κ2) is 22.3. The largest absolute Gasteiger partial charge is 1.00 e. The average Bonchev–Trinajstić information content (AvgIpc) is 3.79. The molecule has 10 aromatic rings. The second-order valence-corrected chi connectivity index (χ2v) is 19.9. The molecule has 0 saturated heterocycles. The van der Waals surface area contributed by atoms with Crippen LogP contribution in [-0.4, -0.2) is 21.5 Å². The number of rotatable bonds is 7. The topological polar surface area (TPSA) is 9.86 Å². The van der Waals surface area contributed by atoms with Gasteiger partial charge in [-0.1, -0.05) is 132 Å². The standard InChI is InChI=1S/C26H24P2.2C15H10N.2Au/c1-5-13-23(14-6-1)27(24-15-7-2-8-16-24)21-22-28(25-17-9-3-10-18-25)26-19-11-4-12-20-26;2*1-3-11-7-6-10-14-15(11)12-8-4-5-9-13(12)16(14)2;;/h1-20H,21-22H2;2*4-10H,2H3;;/q;2*-1;2*+1/p+2. The number of hydrogen-bond donors (Lipinski definition) is 0. The minimum absolute atomic E-state index is 0. The summed E-state index contributed by atoms with van der Waals surface area (Å²) in [7, 11) is 2.54. The van der Waals surface area contributed by atoms with Crippen LogP contribution in [0.4, 0.5) is 0 Å². The molecule has 0 aliphatic carbocycles. The monoisotopic (exact) mass is 1200 g/mol. The van der Waals surface area contributed by atoms with Gasteiger partial charge in [-0.2, -0.15) is 0 Å². The predicted molar refractivity (Wildman–Crippen MR) is 264 cm³/mol. The van der Waals surface area contributed by atoms with Gasteiger partial charge in [0.25, 0.3) is 0 Å². The van der Waals surface area contributed by atoms with E-state index in [1.54, 1.807) is 0 Å². The molecule has 0 fully saturated rings. The molecule has 0 N–H and O–H groups in total. The molecule has 0 bridgehead atoms. The van der Waals surface area contributed by atoms with E-state index in [2.05, 4.69) is 193 Å². The van der Waals surface area contributed by atoms with Gasteiger partial charge in [0, 0.05) is 36.2 Å². The van der Waals surface area contributed by atoms with Crippen molar-refractivity contribution < 1.29 is 44.8 Å². The Morgan fingerprint density at radius 3 is 0.935 bits per heavy atom. The number of para-hydroxylation sites is 2. The average molecular weight is 1200 g/mol. The number of aryl methyl sites for hydroxylation is 2. The van der Waals surface area contributed by atoms with E-state index in [-0.39, 0.29) is 44.8 Å². The minimum atomic E-state index is -0.783. The minimum Gasteiger partial charge on any atom is -0.366 e. The molecule has 310 valence electrons. The zero-order chi connectivity index (χ0) is 41.3. The number of aromatic nitrogens is 2. The van der Waals surface area contributed by atoms with Crippen LogP contribution in [0.15, 0.2) is 206 Å². The Hall–Kier alpha value is -5.18. The third-order valence-corrected chi connectivity index (χ3v) is 17.4. The van der Waals surface area contributed by atoms with E-state index in [1.165, 1.54) is 55.3 Å². The van der Waals surface area contributed by atoms with Crippen molar-refractivity contribution in [2.45, 2.75) is 0 Å². The van der Waals surface area contributed by atoms with E-state index < -0.39 is 15.8 Å². The smallest absolute Gasteiger partial charge is 0.366 e. The maximum atomic E-state index is 7.35. The second-order valence-electron chi connectivity index (χ2n) is 14.7. The van der Waals surface area contributed by atoms with Crippen LogP contribution >= 0.6 is 15.8 Å². The third-order valence-electron chi connectivity index (χ3n) is 11.3. The molecule has 0 atom stereocenters. The Balaban J connectivity index is 0.000000162. The molecule has 0 radical (unpaired) electrons. The van der Waals surface area contributed by atoms with Crippen LogP contribution in [-0.2, 0) is 58.9 Å². The number of hydrogen-bond acceptors (Lipinski definition) is 0.